The van der Waals surface area contributed by atoms with Gasteiger partial charge in [0.25, 0.3) is 0 Å². The Morgan fingerprint density at radius 2 is 1.56 bits per heavy atom. The molecule has 2 aliphatic carbocycles. The molecule has 0 amide bonds. The van der Waals surface area contributed by atoms with Crippen molar-refractivity contribution in [3.05, 3.63) is 66.0 Å². The van der Waals surface area contributed by atoms with Crippen LogP contribution in [0, 0.1) is 0 Å². The molecule has 2 aliphatic rings. The number of carboxylic acid groups (broad SMARTS) is 1. The first kappa shape index (κ1) is 25.3. The molecule has 2 fully saturated rings. The van der Waals surface area contributed by atoms with Crippen molar-refractivity contribution in [3.8, 4) is 11.1 Å². The minimum Gasteiger partial charge on any atom is -0.478 e. The van der Waals surface area contributed by atoms with Crippen molar-refractivity contribution < 1.29 is 15.0 Å². The van der Waals surface area contributed by atoms with Gasteiger partial charge < -0.3 is 25.4 Å². The van der Waals surface area contributed by atoms with E-state index in [0.29, 0.717) is 24.4 Å². The third-order valence-corrected chi connectivity index (χ3v) is 8.05. The molecule has 9 heteroatoms. The number of aliphatic hydroxyl groups excluding tert-OH is 1. The van der Waals surface area contributed by atoms with E-state index in [1.165, 1.54) is 12.8 Å². The van der Waals surface area contributed by atoms with Crippen LogP contribution in [0.15, 0.2) is 54.9 Å². The fourth-order valence-corrected chi connectivity index (χ4v) is 5.76. The van der Waals surface area contributed by atoms with Gasteiger partial charge in [0.2, 0.25) is 5.95 Å². The highest BCUT2D eigenvalue weighted by Gasteiger charge is 2.24. The van der Waals surface area contributed by atoms with Gasteiger partial charge in [-0.15, -0.1) is 0 Å². The number of carboxylic acids is 1. The Morgan fingerprint density at radius 1 is 0.897 bits per heavy atom. The van der Waals surface area contributed by atoms with Crippen LogP contribution < -0.4 is 10.6 Å². The van der Waals surface area contributed by atoms with Crippen LogP contribution in [0.25, 0.3) is 22.3 Å². The Hall–Kier alpha value is -3.98. The molecule has 2 aromatic carbocycles. The summed E-state index contributed by atoms with van der Waals surface area (Å²) in [6, 6.07) is 15.8. The van der Waals surface area contributed by atoms with Crippen molar-refractivity contribution in [2.24, 2.45) is 0 Å². The van der Waals surface area contributed by atoms with E-state index >= 15 is 0 Å². The molecule has 0 spiro atoms. The molecule has 9 nitrogen and oxygen atoms in total. The zero-order chi connectivity index (χ0) is 26.8. The van der Waals surface area contributed by atoms with Crippen molar-refractivity contribution in [1.82, 2.24) is 19.5 Å². The lowest BCUT2D eigenvalue weighted by atomic mass is 9.93. The second-order valence-electron chi connectivity index (χ2n) is 10.7. The highest BCUT2D eigenvalue weighted by molar-refractivity contribution is 5.88. The fraction of sp³-hybridized carbons (Fsp3) is 0.400. The number of anilines is 2. The van der Waals surface area contributed by atoms with Gasteiger partial charge in [-0.3, -0.25) is 0 Å². The Kier molecular flexibility index (Phi) is 7.15. The number of nitrogens with one attached hydrogen (secondary N) is 2. The average molecular weight is 527 g/mol. The maximum absolute atomic E-state index is 11.1. The summed E-state index contributed by atoms with van der Waals surface area (Å²) in [4.78, 5) is 25.6. The number of rotatable bonds is 8. The molecule has 4 aromatic rings. The van der Waals surface area contributed by atoms with Gasteiger partial charge in [-0.05, 0) is 67.3 Å². The largest absolute Gasteiger partial charge is 0.478 e. The number of nitrogens with zero attached hydrogens (tertiary/aromatic N) is 4. The molecule has 2 aromatic heterocycles. The second-order valence-corrected chi connectivity index (χ2v) is 10.7. The number of hydrogen-bond acceptors (Lipinski definition) is 7. The van der Waals surface area contributed by atoms with Gasteiger partial charge in [0.05, 0.1) is 18.0 Å². The van der Waals surface area contributed by atoms with Crippen LogP contribution in [0.4, 0.5) is 11.8 Å². The standard InChI is InChI=1S/C30H34N6O3/c37-25-15-13-23(14-16-25)33-30-34-27(26-28(35-30)36(18-32-26)24-3-1-2-4-24)31-17-19-5-7-20(8-6-19)21-9-11-22(12-10-21)29(38)39/h5-12,18,23-25,37H,1-4,13-17H2,(H,38,39)(H2,31,33,34,35). The van der Waals surface area contributed by atoms with Crippen LogP contribution in [0.2, 0.25) is 0 Å². The lowest BCUT2D eigenvalue weighted by Gasteiger charge is -2.26. The summed E-state index contributed by atoms with van der Waals surface area (Å²) in [6.07, 6.45) is 9.85. The van der Waals surface area contributed by atoms with E-state index in [1.807, 2.05) is 30.6 Å². The van der Waals surface area contributed by atoms with E-state index in [9.17, 15) is 9.90 Å². The van der Waals surface area contributed by atoms with Crippen LogP contribution in [0.1, 0.15) is 73.3 Å². The predicted molar refractivity (Wildman–Crippen MR) is 151 cm³/mol. The Morgan fingerprint density at radius 3 is 2.23 bits per heavy atom. The summed E-state index contributed by atoms with van der Waals surface area (Å²) in [6.45, 7) is 0.579. The number of aliphatic hydroxyl groups is 1. The van der Waals surface area contributed by atoms with Crippen molar-refractivity contribution in [2.75, 3.05) is 10.6 Å². The van der Waals surface area contributed by atoms with E-state index in [4.69, 9.17) is 20.1 Å². The first-order chi connectivity index (χ1) is 19.0. The van der Waals surface area contributed by atoms with Crippen molar-refractivity contribution in [1.29, 1.82) is 0 Å². The molecule has 0 unspecified atom stereocenters. The molecular weight excluding hydrogens is 492 g/mol. The minimum absolute atomic E-state index is 0.206. The number of fused-ring (bicyclic) bond motifs is 1. The lowest BCUT2D eigenvalue weighted by Crippen LogP contribution is -2.29. The first-order valence-corrected chi connectivity index (χ1v) is 13.9. The highest BCUT2D eigenvalue weighted by Crippen LogP contribution is 2.33. The fourth-order valence-electron chi connectivity index (χ4n) is 5.76. The maximum atomic E-state index is 11.1. The maximum Gasteiger partial charge on any atom is 0.335 e. The summed E-state index contributed by atoms with van der Waals surface area (Å²) in [5.41, 5.74) is 5.01. The SMILES string of the molecule is O=C(O)c1ccc(-c2ccc(CNc3nc(NC4CCC(O)CC4)nc4c3ncn4C3CCCC3)cc2)cc1. The zero-order valence-corrected chi connectivity index (χ0v) is 21.9. The van der Waals surface area contributed by atoms with Crippen molar-refractivity contribution in [2.45, 2.75) is 76.1 Å². The van der Waals surface area contributed by atoms with E-state index in [-0.39, 0.29) is 17.7 Å². The molecule has 0 saturated heterocycles. The van der Waals surface area contributed by atoms with Gasteiger partial charge >= 0.3 is 5.97 Å². The van der Waals surface area contributed by atoms with Crippen LogP contribution in [-0.2, 0) is 6.54 Å². The first-order valence-electron chi connectivity index (χ1n) is 13.9. The zero-order valence-electron chi connectivity index (χ0n) is 21.9. The summed E-state index contributed by atoms with van der Waals surface area (Å²) in [5, 5.41) is 26.1. The third-order valence-electron chi connectivity index (χ3n) is 8.05. The minimum atomic E-state index is -0.925. The third kappa shape index (κ3) is 5.59. The molecule has 2 saturated carbocycles. The highest BCUT2D eigenvalue weighted by atomic mass is 16.4. The Labute approximate surface area is 227 Å². The molecule has 4 N–H and O–H groups in total. The van der Waals surface area contributed by atoms with E-state index in [0.717, 1.165) is 66.4 Å². The number of aromatic carboxylic acids is 1. The summed E-state index contributed by atoms with van der Waals surface area (Å²) in [5.74, 6) is 0.389. The predicted octanol–water partition coefficient (Wildman–Crippen LogP) is 5.63. The number of aromatic nitrogens is 4. The molecule has 39 heavy (non-hydrogen) atoms. The van der Waals surface area contributed by atoms with Crippen LogP contribution in [0.3, 0.4) is 0 Å². The van der Waals surface area contributed by atoms with Gasteiger partial charge in [-0.25, -0.2) is 9.78 Å². The normalized spacial score (nSPS) is 19.8. The van der Waals surface area contributed by atoms with Crippen molar-refractivity contribution >= 4 is 28.9 Å². The van der Waals surface area contributed by atoms with Crippen LogP contribution >= 0.6 is 0 Å². The topological polar surface area (TPSA) is 125 Å². The summed E-state index contributed by atoms with van der Waals surface area (Å²) >= 11 is 0. The molecular formula is C30H34N6O3. The van der Waals surface area contributed by atoms with Gasteiger partial charge in [0.15, 0.2) is 17.0 Å². The molecule has 202 valence electrons. The summed E-state index contributed by atoms with van der Waals surface area (Å²) < 4.78 is 2.22. The molecule has 2 heterocycles. The second kappa shape index (κ2) is 11.0. The molecule has 6 rings (SSSR count). The summed E-state index contributed by atoms with van der Waals surface area (Å²) in [7, 11) is 0. The number of imidazole rings is 1. The Balaban J connectivity index is 1.22. The van der Waals surface area contributed by atoms with Gasteiger partial charge in [-0.1, -0.05) is 49.2 Å². The van der Waals surface area contributed by atoms with Gasteiger partial charge in [0.1, 0.15) is 0 Å². The van der Waals surface area contributed by atoms with Crippen LogP contribution in [0.5, 0.6) is 0 Å². The number of hydrogen-bond donors (Lipinski definition) is 4. The number of carbonyl (C=O) groups is 1. The van der Waals surface area contributed by atoms with E-state index in [2.05, 4.69) is 27.3 Å². The molecule has 0 atom stereocenters. The Bertz CT molecular complexity index is 1440. The molecule has 0 aliphatic heterocycles. The van der Waals surface area contributed by atoms with Gasteiger partial charge in [-0.2, -0.15) is 9.97 Å². The molecule has 0 bridgehead atoms. The van der Waals surface area contributed by atoms with E-state index in [1.54, 1.807) is 12.1 Å². The molecule has 0 radical (unpaired) electrons. The van der Waals surface area contributed by atoms with Gasteiger partial charge in [0, 0.05) is 18.6 Å². The van der Waals surface area contributed by atoms with Crippen LogP contribution in [-0.4, -0.2) is 47.8 Å². The quantitative estimate of drug-likeness (QED) is 0.233. The lowest BCUT2D eigenvalue weighted by molar-refractivity contribution is 0.0697. The average Bonchev–Trinajstić information content (AvgIpc) is 3.64. The number of benzene rings is 2. The monoisotopic (exact) mass is 526 g/mol. The van der Waals surface area contributed by atoms with E-state index < -0.39 is 5.97 Å². The van der Waals surface area contributed by atoms with Crippen molar-refractivity contribution in [3.63, 3.8) is 0 Å². The smallest absolute Gasteiger partial charge is 0.335 e.